The van der Waals surface area contributed by atoms with Gasteiger partial charge in [0.2, 0.25) is 0 Å². The zero-order valence-corrected chi connectivity index (χ0v) is 13.1. The highest BCUT2D eigenvalue weighted by atomic mass is 35.5. The second kappa shape index (κ2) is 6.97. The average Bonchev–Trinajstić information content (AvgIpc) is 3.30. The zero-order chi connectivity index (χ0) is 14.7. The van der Waals surface area contributed by atoms with Gasteiger partial charge in [0.25, 0.3) is 0 Å². The number of β-amino-alcohol motifs (C(OH)–C–C–N with tert-alkyl or cyclic N) is 1. The van der Waals surface area contributed by atoms with Crippen molar-refractivity contribution in [2.45, 2.75) is 25.0 Å². The minimum atomic E-state index is -0.261. The first-order chi connectivity index (χ1) is 10.2. The quantitative estimate of drug-likeness (QED) is 0.837. The summed E-state index contributed by atoms with van der Waals surface area (Å²) >= 11 is 6.05. The third kappa shape index (κ3) is 4.58. The lowest BCUT2D eigenvalue weighted by atomic mass is 10.2. The van der Waals surface area contributed by atoms with Gasteiger partial charge < -0.3 is 15.3 Å². The summed E-state index contributed by atoms with van der Waals surface area (Å²) in [7, 11) is 0. The van der Waals surface area contributed by atoms with Crippen LogP contribution in [0.15, 0.2) is 24.3 Å². The van der Waals surface area contributed by atoms with Gasteiger partial charge in [-0.2, -0.15) is 0 Å². The molecule has 1 aromatic rings. The summed E-state index contributed by atoms with van der Waals surface area (Å²) in [6.45, 7) is 5.45. The Labute approximate surface area is 131 Å². The molecule has 1 aliphatic carbocycles. The van der Waals surface area contributed by atoms with Crippen LogP contribution in [-0.4, -0.2) is 61.4 Å². The monoisotopic (exact) mass is 309 g/mol. The van der Waals surface area contributed by atoms with Gasteiger partial charge in [-0.25, -0.2) is 0 Å². The number of rotatable bonds is 6. The molecule has 0 amide bonds. The molecule has 0 spiro atoms. The minimum Gasteiger partial charge on any atom is -0.390 e. The highest BCUT2D eigenvalue weighted by Crippen LogP contribution is 2.21. The Morgan fingerprint density at radius 2 is 2.00 bits per heavy atom. The Balaban J connectivity index is 1.41. The summed E-state index contributed by atoms with van der Waals surface area (Å²) in [4.78, 5) is 4.71. The molecule has 1 atom stereocenters. The molecule has 2 aliphatic rings. The first-order valence-corrected chi connectivity index (χ1v) is 8.23. The number of piperazine rings is 1. The normalized spacial score (nSPS) is 21.5. The van der Waals surface area contributed by atoms with Crippen LogP contribution in [0.4, 0.5) is 5.69 Å². The fourth-order valence-electron chi connectivity index (χ4n) is 2.81. The lowest BCUT2D eigenvalue weighted by Gasteiger charge is -2.37. The first kappa shape index (κ1) is 15.1. The van der Waals surface area contributed by atoms with Crippen molar-refractivity contribution in [3.05, 3.63) is 29.3 Å². The topological polar surface area (TPSA) is 38.7 Å². The van der Waals surface area contributed by atoms with Crippen LogP contribution in [0.1, 0.15) is 12.8 Å². The summed E-state index contributed by atoms with van der Waals surface area (Å²) < 4.78 is 0. The Morgan fingerprint density at radius 3 is 2.67 bits per heavy atom. The number of nitrogens with one attached hydrogen (secondary N) is 1. The maximum absolute atomic E-state index is 10.1. The SMILES string of the molecule is OC(CNC1CC1)CN1CCN(c2cccc(Cl)c2)CC1. The third-order valence-corrected chi connectivity index (χ3v) is 4.47. The molecule has 1 heterocycles. The number of aliphatic hydroxyl groups excluding tert-OH is 1. The molecule has 1 unspecified atom stereocenters. The van der Waals surface area contributed by atoms with Gasteiger partial charge in [0.05, 0.1) is 6.10 Å². The maximum Gasteiger partial charge on any atom is 0.0791 e. The Kier molecular flexibility index (Phi) is 5.01. The Morgan fingerprint density at radius 1 is 1.24 bits per heavy atom. The maximum atomic E-state index is 10.1. The van der Waals surface area contributed by atoms with Crippen LogP contribution in [0.2, 0.25) is 5.02 Å². The first-order valence-electron chi connectivity index (χ1n) is 7.85. The molecule has 0 bridgehead atoms. The van der Waals surface area contributed by atoms with Crippen molar-refractivity contribution in [1.82, 2.24) is 10.2 Å². The van der Waals surface area contributed by atoms with Crippen molar-refractivity contribution in [2.24, 2.45) is 0 Å². The van der Waals surface area contributed by atoms with Gasteiger partial charge in [0, 0.05) is 56.0 Å². The number of benzene rings is 1. The zero-order valence-electron chi connectivity index (χ0n) is 12.3. The van der Waals surface area contributed by atoms with Crippen molar-refractivity contribution >= 4 is 17.3 Å². The summed E-state index contributed by atoms with van der Waals surface area (Å²) in [6, 6.07) is 8.70. The number of hydrogen-bond donors (Lipinski definition) is 2. The molecule has 0 aromatic heterocycles. The molecule has 2 N–H and O–H groups in total. The molecule has 1 saturated heterocycles. The highest BCUT2D eigenvalue weighted by Gasteiger charge is 2.23. The van der Waals surface area contributed by atoms with E-state index in [4.69, 9.17) is 11.6 Å². The van der Waals surface area contributed by atoms with E-state index in [1.54, 1.807) is 0 Å². The van der Waals surface area contributed by atoms with Crippen LogP contribution in [-0.2, 0) is 0 Å². The summed E-state index contributed by atoms with van der Waals surface area (Å²) in [5.41, 5.74) is 1.19. The smallest absolute Gasteiger partial charge is 0.0791 e. The van der Waals surface area contributed by atoms with Gasteiger partial charge in [-0.3, -0.25) is 4.90 Å². The number of nitrogens with zero attached hydrogens (tertiary/aromatic N) is 2. The Bertz CT molecular complexity index is 459. The lowest BCUT2D eigenvalue weighted by molar-refractivity contribution is 0.107. The van der Waals surface area contributed by atoms with Crippen LogP contribution in [0.25, 0.3) is 0 Å². The summed E-state index contributed by atoms with van der Waals surface area (Å²) in [5, 5.41) is 14.2. The lowest BCUT2D eigenvalue weighted by Crippen LogP contribution is -2.49. The molecule has 5 heteroatoms. The predicted molar refractivity (Wildman–Crippen MR) is 87.1 cm³/mol. The second-order valence-electron chi connectivity index (χ2n) is 6.10. The fourth-order valence-corrected chi connectivity index (χ4v) is 3.00. The van der Waals surface area contributed by atoms with Crippen LogP contribution in [0.5, 0.6) is 0 Å². The molecule has 1 aliphatic heterocycles. The van der Waals surface area contributed by atoms with Crippen LogP contribution < -0.4 is 10.2 Å². The number of hydrogen-bond acceptors (Lipinski definition) is 4. The number of aliphatic hydroxyl groups is 1. The van der Waals surface area contributed by atoms with Crippen molar-refractivity contribution < 1.29 is 5.11 Å². The molecular formula is C16H24ClN3O. The van der Waals surface area contributed by atoms with Crippen LogP contribution in [0, 0.1) is 0 Å². The predicted octanol–water partition coefficient (Wildman–Crippen LogP) is 1.57. The van der Waals surface area contributed by atoms with Gasteiger partial charge in [-0.15, -0.1) is 0 Å². The van der Waals surface area contributed by atoms with E-state index in [2.05, 4.69) is 21.2 Å². The second-order valence-corrected chi connectivity index (χ2v) is 6.54. The van der Waals surface area contributed by atoms with E-state index in [9.17, 15) is 5.11 Å². The molecule has 2 fully saturated rings. The van der Waals surface area contributed by atoms with Crippen molar-refractivity contribution in [3.8, 4) is 0 Å². The van der Waals surface area contributed by atoms with E-state index in [1.165, 1.54) is 18.5 Å². The van der Waals surface area contributed by atoms with Gasteiger partial charge in [-0.05, 0) is 31.0 Å². The molecule has 0 radical (unpaired) electrons. The van der Waals surface area contributed by atoms with E-state index < -0.39 is 0 Å². The van der Waals surface area contributed by atoms with Crippen molar-refractivity contribution in [3.63, 3.8) is 0 Å². The highest BCUT2D eigenvalue weighted by molar-refractivity contribution is 6.30. The van der Waals surface area contributed by atoms with Crippen LogP contribution >= 0.6 is 11.6 Å². The molecule has 116 valence electrons. The van der Waals surface area contributed by atoms with Crippen LogP contribution in [0.3, 0.4) is 0 Å². The van der Waals surface area contributed by atoms with Gasteiger partial charge in [0.1, 0.15) is 0 Å². The van der Waals surface area contributed by atoms with Crippen molar-refractivity contribution in [2.75, 3.05) is 44.2 Å². The molecular weight excluding hydrogens is 286 g/mol. The molecule has 3 rings (SSSR count). The standard InChI is InChI=1S/C16H24ClN3O/c17-13-2-1-3-15(10-13)20-8-6-19(7-9-20)12-16(21)11-18-14-4-5-14/h1-3,10,14,16,18,21H,4-9,11-12H2. The van der Waals surface area contributed by atoms with Gasteiger partial charge >= 0.3 is 0 Å². The number of anilines is 1. The summed E-state index contributed by atoms with van der Waals surface area (Å²) in [6.07, 6.45) is 2.28. The van der Waals surface area contributed by atoms with Gasteiger partial charge in [-0.1, -0.05) is 17.7 Å². The molecule has 21 heavy (non-hydrogen) atoms. The fraction of sp³-hybridized carbons (Fsp3) is 0.625. The van der Waals surface area contributed by atoms with Crippen molar-refractivity contribution in [1.29, 1.82) is 0 Å². The number of halogens is 1. The van der Waals surface area contributed by atoms with E-state index in [0.717, 1.165) is 44.3 Å². The largest absolute Gasteiger partial charge is 0.390 e. The van der Waals surface area contributed by atoms with E-state index in [-0.39, 0.29) is 6.10 Å². The minimum absolute atomic E-state index is 0.261. The average molecular weight is 310 g/mol. The van der Waals surface area contributed by atoms with Gasteiger partial charge in [0.15, 0.2) is 0 Å². The summed E-state index contributed by atoms with van der Waals surface area (Å²) in [5.74, 6) is 0. The molecule has 1 aromatic carbocycles. The Hall–Kier alpha value is -0.810. The molecule has 1 saturated carbocycles. The third-order valence-electron chi connectivity index (χ3n) is 4.23. The van der Waals surface area contributed by atoms with E-state index in [0.29, 0.717) is 6.04 Å². The van der Waals surface area contributed by atoms with E-state index in [1.807, 2.05) is 18.2 Å². The van der Waals surface area contributed by atoms with E-state index >= 15 is 0 Å². The molecule has 4 nitrogen and oxygen atoms in total.